The van der Waals surface area contributed by atoms with Gasteiger partial charge in [0.05, 0.1) is 26.7 Å². The molecule has 7 nitrogen and oxygen atoms in total. The first-order valence-corrected chi connectivity index (χ1v) is 13.9. The molecule has 0 saturated carbocycles. The molecule has 3 aromatic rings. The van der Waals surface area contributed by atoms with Crippen LogP contribution in [0.1, 0.15) is 55.2 Å². The number of allylic oxidation sites excluding steroid dienone is 3. The van der Waals surface area contributed by atoms with E-state index in [9.17, 15) is 9.59 Å². The van der Waals surface area contributed by atoms with E-state index in [0.29, 0.717) is 53.5 Å². The number of ether oxygens (including phenoxy) is 3. The zero-order valence-corrected chi connectivity index (χ0v) is 24.2. The van der Waals surface area contributed by atoms with Gasteiger partial charge in [-0.1, -0.05) is 42.5 Å². The molecule has 5 rings (SSSR count). The molecule has 0 bridgehead atoms. The minimum absolute atomic E-state index is 0.00327. The maximum atomic E-state index is 14.1. The highest BCUT2D eigenvalue weighted by Gasteiger charge is 2.42. The number of rotatable bonds is 8. The van der Waals surface area contributed by atoms with E-state index >= 15 is 0 Å². The van der Waals surface area contributed by atoms with Gasteiger partial charge in [0.1, 0.15) is 5.75 Å². The minimum atomic E-state index is -0.572. The lowest BCUT2D eigenvalue weighted by molar-refractivity contribution is -0.116. The Morgan fingerprint density at radius 3 is 2.39 bits per heavy atom. The lowest BCUT2D eigenvalue weighted by atomic mass is 9.71. The van der Waals surface area contributed by atoms with E-state index in [1.165, 1.54) is 0 Å². The molecule has 41 heavy (non-hydrogen) atoms. The third-order valence-electron chi connectivity index (χ3n) is 7.87. The number of hydrogen-bond donors (Lipinski definition) is 2. The molecule has 2 aliphatic rings. The summed E-state index contributed by atoms with van der Waals surface area (Å²) >= 11 is 0. The van der Waals surface area contributed by atoms with Crippen LogP contribution in [0.2, 0.25) is 0 Å². The number of Topliss-reactive ketones (excluding diaryl/α,β-unsaturated/α-hetero) is 1. The Labute approximate surface area is 241 Å². The van der Waals surface area contributed by atoms with Crippen LogP contribution in [-0.2, 0) is 9.59 Å². The molecule has 0 fully saturated rings. The number of nitrogens with one attached hydrogen (secondary N) is 2. The molecule has 2 unspecified atom stereocenters. The maximum absolute atomic E-state index is 14.1. The molecule has 1 aliphatic heterocycles. The van der Waals surface area contributed by atoms with E-state index in [4.69, 9.17) is 14.2 Å². The van der Waals surface area contributed by atoms with E-state index in [1.807, 2.05) is 87.5 Å². The summed E-state index contributed by atoms with van der Waals surface area (Å²) in [6.45, 7) is 6.25. The molecule has 1 amide bonds. The van der Waals surface area contributed by atoms with E-state index in [1.54, 1.807) is 14.2 Å². The number of aryl methyl sites for hydroxylation is 1. The van der Waals surface area contributed by atoms with Gasteiger partial charge in [-0.15, -0.1) is 0 Å². The summed E-state index contributed by atoms with van der Waals surface area (Å²) in [6, 6.07) is 21.1. The molecule has 0 aromatic heterocycles. The van der Waals surface area contributed by atoms with Crippen molar-refractivity contribution in [3.63, 3.8) is 0 Å². The quantitative estimate of drug-likeness (QED) is 0.336. The molecule has 0 saturated heterocycles. The first kappa shape index (κ1) is 28.0. The minimum Gasteiger partial charge on any atom is -0.494 e. The van der Waals surface area contributed by atoms with Gasteiger partial charge in [-0.3, -0.25) is 9.59 Å². The normalized spacial score (nSPS) is 18.4. The average Bonchev–Trinajstić information content (AvgIpc) is 2.97. The Hall–Kier alpha value is -4.52. The van der Waals surface area contributed by atoms with Gasteiger partial charge in [-0.25, -0.2) is 0 Å². The van der Waals surface area contributed by atoms with Crippen molar-refractivity contribution in [2.75, 3.05) is 26.1 Å². The molecule has 3 aromatic carbocycles. The summed E-state index contributed by atoms with van der Waals surface area (Å²) in [4.78, 5) is 28.1. The fourth-order valence-electron chi connectivity index (χ4n) is 5.90. The highest BCUT2D eigenvalue weighted by Crippen LogP contribution is 2.48. The maximum Gasteiger partial charge on any atom is 0.254 e. The second kappa shape index (κ2) is 11.9. The third-order valence-corrected chi connectivity index (χ3v) is 7.87. The van der Waals surface area contributed by atoms with Crippen LogP contribution in [-0.4, -0.2) is 32.5 Å². The summed E-state index contributed by atoms with van der Waals surface area (Å²) in [7, 11) is 3.21. The number of benzene rings is 3. The second-order valence-electron chi connectivity index (χ2n) is 10.4. The van der Waals surface area contributed by atoms with Gasteiger partial charge in [0.15, 0.2) is 17.3 Å². The van der Waals surface area contributed by atoms with Gasteiger partial charge in [0.2, 0.25) is 0 Å². The third kappa shape index (κ3) is 5.44. The highest BCUT2D eigenvalue weighted by atomic mass is 16.5. The molecule has 2 N–H and O–H groups in total. The molecule has 0 radical (unpaired) electrons. The van der Waals surface area contributed by atoms with Crippen molar-refractivity contribution in [2.24, 2.45) is 0 Å². The van der Waals surface area contributed by atoms with Crippen molar-refractivity contribution >= 4 is 17.4 Å². The largest absolute Gasteiger partial charge is 0.494 e. The number of carbonyl (C=O) groups is 2. The number of methoxy groups -OCH3 is 2. The lowest BCUT2D eigenvalue weighted by Gasteiger charge is -2.37. The number of carbonyl (C=O) groups excluding carboxylic acids is 2. The van der Waals surface area contributed by atoms with Crippen molar-refractivity contribution in [3.8, 4) is 17.2 Å². The van der Waals surface area contributed by atoms with E-state index < -0.39 is 5.92 Å². The first-order chi connectivity index (χ1) is 19.9. The fourth-order valence-corrected chi connectivity index (χ4v) is 5.90. The number of dihydropyridines is 1. The van der Waals surface area contributed by atoms with Gasteiger partial charge in [0.25, 0.3) is 5.91 Å². The van der Waals surface area contributed by atoms with Crippen LogP contribution in [0.4, 0.5) is 5.69 Å². The van der Waals surface area contributed by atoms with E-state index in [-0.39, 0.29) is 17.6 Å². The Kier molecular flexibility index (Phi) is 8.15. The number of anilines is 1. The molecule has 212 valence electrons. The summed E-state index contributed by atoms with van der Waals surface area (Å²) in [5.74, 6) is 1.07. The van der Waals surface area contributed by atoms with Crippen LogP contribution in [0.3, 0.4) is 0 Å². The first-order valence-electron chi connectivity index (χ1n) is 13.9. The molecule has 1 heterocycles. The van der Waals surface area contributed by atoms with E-state index in [2.05, 4.69) is 10.6 Å². The number of para-hydroxylation sites is 2. The number of amides is 1. The molecule has 1 aliphatic carbocycles. The molecule has 2 atom stereocenters. The van der Waals surface area contributed by atoms with Crippen LogP contribution < -0.4 is 24.8 Å². The standard InChI is InChI=1S/C34H36N2O5/c1-6-41-28-14-10-8-12-24(28)32-31(34(38)36-25-13-9-7-11-20(25)2)21(3)35-26-17-23(18-27(37)33(26)32)22-15-16-29(39-4)30(19-22)40-5/h7-16,19,23,32,35H,6,17-18H2,1-5H3,(H,36,38). The van der Waals surface area contributed by atoms with Gasteiger partial charge < -0.3 is 24.8 Å². The summed E-state index contributed by atoms with van der Waals surface area (Å²) < 4.78 is 16.9. The van der Waals surface area contributed by atoms with Crippen LogP contribution in [0.5, 0.6) is 17.2 Å². The van der Waals surface area contributed by atoms with Crippen LogP contribution >= 0.6 is 0 Å². The van der Waals surface area contributed by atoms with Crippen LogP contribution in [0.15, 0.2) is 89.3 Å². The zero-order valence-electron chi connectivity index (χ0n) is 24.2. The molecular formula is C34H36N2O5. The van der Waals surface area contributed by atoms with Crippen molar-refractivity contribution in [1.82, 2.24) is 5.32 Å². The molecule has 7 heteroatoms. The lowest BCUT2D eigenvalue weighted by Crippen LogP contribution is -2.37. The van der Waals surface area contributed by atoms with E-state index in [0.717, 1.165) is 28.1 Å². The molecule has 0 spiro atoms. The monoisotopic (exact) mass is 552 g/mol. The Morgan fingerprint density at radius 2 is 1.66 bits per heavy atom. The number of ketones is 1. The predicted octanol–water partition coefficient (Wildman–Crippen LogP) is 6.41. The Bertz CT molecular complexity index is 1550. The van der Waals surface area contributed by atoms with Gasteiger partial charge in [-0.05, 0) is 68.5 Å². The van der Waals surface area contributed by atoms with Crippen molar-refractivity contribution in [2.45, 2.75) is 45.4 Å². The van der Waals surface area contributed by atoms with Crippen molar-refractivity contribution < 1.29 is 23.8 Å². The van der Waals surface area contributed by atoms with Gasteiger partial charge in [-0.2, -0.15) is 0 Å². The Morgan fingerprint density at radius 1 is 0.927 bits per heavy atom. The van der Waals surface area contributed by atoms with Gasteiger partial charge >= 0.3 is 0 Å². The fraction of sp³-hybridized carbons (Fsp3) is 0.294. The predicted molar refractivity (Wildman–Crippen MR) is 160 cm³/mol. The van der Waals surface area contributed by atoms with Crippen molar-refractivity contribution in [1.29, 1.82) is 0 Å². The average molecular weight is 553 g/mol. The summed E-state index contributed by atoms with van der Waals surface area (Å²) in [5.41, 5.74) is 6.18. The molecular weight excluding hydrogens is 516 g/mol. The van der Waals surface area contributed by atoms with Gasteiger partial charge in [0, 0.05) is 40.2 Å². The topological polar surface area (TPSA) is 85.9 Å². The summed E-state index contributed by atoms with van der Waals surface area (Å²) in [6.07, 6.45) is 0.933. The Balaban J connectivity index is 1.59. The number of hydrogen-bond acceptors (Lipinski definition) is 6. The zero-order chi connectivity index (χ0) is 29.1. The van der Waals surface area contributed by atoms with Crippen LogP contribution in [0.25, 0.3) is 0 Å². The summed E-state index contributed by atoms with van der Waals surface area (Å²) in [5, 5.41) is 6.56. The van der Waals surface area contributed by atoms with Crippen LogP contribution in [0, 0.1) is 6.92 Å². The highest BCUT2D eigenvalue weighted by molar-refractivity contribution is 6.10. The smallest absolute Gasteiger partial charge is 0.254 e. The SMILES string of the molecule is CCOc1ccccc1C1C(C(=O)Nc2ccccc2C)=C(C)NC2=C1C(=O)CC(c1ccc(OC)c(OC)c1)C2. The van der Waals surface area contributed by atoms with Crippen molar-refractivity contribution in [3.05, 3.63) is 106 Å². The second-order valence-corrected chi connectivity index (χ2v) is 10.4.